The minimum absolute atomic E-state index is 0.253. The van der Waals surface area contributed by atoms with Crippen LogP contribution in [0, 0.1) is 0 Å². The third kappa shape index (κ3) is 3.42. The number of rotatable bonds is 3. The van der Waals surface area contributed by atoms with Crippen molar-refractivity contribution in [1.82, 2.24) is 9.80 Å². The fraction of sp³-hybridized carbons (Fsp3) is 0.857. The molecule has 6 heteroatoms. The molecule has 0 saturated carbocycles. The molecular weight excluding hydrogens is 260 g/mol. The topological polar surface area (TPSA) is 70.1 Å². The molecule has 1 unspecified atom stereocenters. The summed E-state index contributed by atoms with van der Waals surface area (Å²) in [7, 11) is 1.51. The molecule has 116 valence electrons. The Bertz CT molecular complexity index is 389. The number of carboxylic acid groups (broad SMARTS) is 1. The van der Waals surface area contributed by atoms with Crippen LogP contribution in [0.4, 0.5) is 4.79 Å². The number of carbonyl (C=O) groups is 2. The molecule has 6 nitrogen and oxygen atoms in total. The molecular formula is C14H26N2O4. The lowest BCUT2D eigenvalue weighted by molar-refractivity contribution is -0.149. The molecule has 0 bridgehead atoms. The van der Waals surface area contributed by atoms with Crippen LogP contribution in [0.3, 0.4) is 0 Å². The van der Waals surface area contributed by atoms with Crippen LogP contribution in [0.5, 0.6) is 0 Å². The number of amides is 1. The fourth-order valence-corrected chi connectivity index (χ4v) is 2.36. The summed E-state index contributed by atoms with van der Waals surface area (Å²) in [6, 6.07) is 0.253. The lowest BCUT2D eigenvalue weighted by Gasteiger charge is -2.36. The van der Waals surface area contributed by atoms with Gasteiger partial charge in [-0.25, -0.2) is 9.59 Å². The standard InChI is InChI=1S/C14H26N2O4/c1-10(2)16-8-7-14(9-16,11(17)18)15(6)12(19)20-13(3,4)5/h10H,7-9H2,1-6H3,(H,17,18). The lowest BCUT2D eigenvalue weighted by atomic mass is 9.97. The van der Waals surface area contributed by atoms with E-state index in [2.05, 4.69) is 4.90 Å². The number of likely N-dealkylation sites (tertiary alicyclic amines) is 1. The third-order valence-electron chi connectivity index (χ3n) is 3.72. The molecule has 0 aromatic heterocycles. The maximum atomic E-state index is 12.2. The maximum Gasteiger partial charge on any atom is 0.411 e. The van der Waals surface area contributed by atoms with Crippen molar-refractivity contribution in [2.45, 2.75) is 58.2 Å². The first-order valence-corrected chi connectivity index (χ1v) is 6.94. The molecule has 1 aliphatic rings. The average Bonchev–Trinajstić information content (AvgIpc) is 2.71. The van der Waals surface area contributed by atoms with E-state index < -0.39 is 23.2 Å². The second-order valence-electron chi connectivity index (χ2n) is 6.69. The van der Waals surface area contributed by atoms with Crippen LogP contribution < -0.4 is 0 Å². The molecule has 0 aliphatic carbocycles. The van der Waals surface area contributed by atoms with Crippen molar-refractivity contribution in [3.8, 4) is 0 Å². The summed E-state index contributed by atoms with van der Waals surface area (Å²) in [5.74, 6) is -0.978. The van der Waals surface area contributed by atoms with Gasteiger partial charge in [-0.3, -0.25) is 9.80 Å². The third-order valence-corrected chi connectivity index (χ3v) is 3.72. The van der Waals surface area contributed by atoms with Gasteiger partial charge in [-0.05, 0) is 41.0 Å². The van der Waals surface area contributed by atoms with Gasteiger partial charge in [0.2, 0.25) is 0 Å². The van der Waals surface area contributed by atoms with Gasteiger partial charge in [0.25, 0.3) is 0 Å². The Hall–Kier alpha value is -1.30. The number of nitrogens with zero attached hydrogens (tertiary/aromatic N) is 2. The highest BCUT2D eigenvalue weighted by molar-refractivity contribution is 5.85. The van der Waals surface area contributed by atoms with Crippen molar-refractivity contribution >= 4 is 12.1 Å². The predicted octanol–water partition coefficient (Wildman–Crippen LogP) is 1.79. The van der Waals surface area contributed by atoms with Crippen molar-refractivity contribution in [2.75, 3.05) is 20.1 Å². The highest BCUT2D eigenvalue weighted by atomic mass is 16.6. The Balaban J connectivity index is 2.93. The van der Waals surface area contributed by atoms with Gasteiger partial charge in [-0.2, -0.15) is 0 Å². The summed E-state index contributed by atoms with van der Waals surface area (Å²) in [6.45, 7) is 10.3. The Labute approximate surface area is 120 Å². The SMILES string of the molecule is CC(C)N1CCC(C(=O)O)(N(C)C(=O)OC(C)(C)C)C1. The van der Waals surface area contributed by atoms with Crippen LogP contribution in [-0.4, -0.2) is 64.3 Å². The van der Waals surface area contributed by atoms with Crippen LogP contribution in [0.25, 0.3) is 0 Å². The molecule has 1 rings (SSSR count). The second-order valence-corrected chi connectivity index (χ2v) is 6.69. The predicted molar refractivity (Wildman–Crippen MR) is 75.7 cm³/mol. The van der Waals surface area contributed by atoms with Crippen LogP contribution in [0.2, 0.25) is 0 Å². The Morgan fingerprint density at radius 1 is 1.35 bits per heavy atom. The van der Waals surface area contributed by atoms with Crippen molar-refractivity contribution in [2.24, 2.45) is 0 Å². The maximum absolute atomic E-state index is 12.2. The van der Waals surface area contributed by atoms with Gasteiger partial charge < -0.3 is 9.84 Å². The van der Waals surface area contributed by atoms with Gasteiger partial charge in [0.15, 0.2) is 5.54 Å². The number of carbonyl (C=O) groups excluding carboxylic acids is 1. The quantitative estimate of drug-likeness (QED) is 0.856. The molecule has 1 amide bonds. The molecule has 1 atom stereocenters. The Morgan fingerprint density at radius 2 is 1.90 bits per heavy atom. The van der Waals surface area contributed by atoms with Gasteiger partial charge in [0, 0.05) is 26.2 Å². The second kappa shape index (κ2) is 5.60. The molecule has 1 aliphatic heterocycles. The molecule has 0 radical (unpaired) electrons. The van der Waals surface area contributed by atoms with E-state index in [1.54, 1.807) is 20.8 Å². The van der Waals surface area contributed by atoms with Gasteiger partial charge in [0.1, 0.15) is 5.60 Å². The Kier molecular flexibility index (Phi) is 4.69. The molecule has 1 fully saturated rings. The normalized spacial score (nSPS) is 23.9. The summed E-state index contributed by atoms with van der Waals surface area (Å²) in [5.41, 5.74) is -1.84. The summed E-state index contributed by atoms with van der Waals surface area (Å²) < 4.78 is 5.29. The average molecular weight is 286 g/mol. The summed E-state index contributed by atoms with van der Waals surface area (Å²) in [5, 5.41) is 9.60. The fourth-order valence-electron chi connectivity index (χ4n) is 2.36. The van der Waals surface area contributed by atoms with Crippen molar-refractivity contribution in [3.05, 3.63) is 0 Å². The van der Waals surface area contributed by atoms with Crippen LogP contribution >= 0.6 is 0 Å². The minimum atomic E-state index is -1.20. The number of aliphatic carboxylic acids is 1. The van der Waals surface area contributed by atoms with Crippen molar-refractivity contribution in [1.29, 1.82) is 0 Å². The molecule has 1 saturated heterocycles. The summed E-state index contributed by atoms with van der Waals surface area (Å²) in [6.07, 6.45) is -0.179. The smallest absolute Gasteiger partial charge is 0.411 e. The number of carboxylic acids is 1. The number of hydrogen-bond donors (Lipinski definition) is 1. The number of ether oxygens (including phenoxy) is 1. The van der Waals surface area contributed by atoms with Gasteiger partial charge in [-0.15, -0.1) is 0 Å². The van der Waals surface area contributed by atoms with E-state index in [-0.39, 0.29) is 6.04 Å². The molecule has 1 N–H and O–H groups in total. The molecule has 0 spiro atoms. The first-order valence-electron chi connectivity index (χ1n) is 6.94. The van der Waals surface area contributed by atoms with Gasteiger partial charge >= 0.3 is 12.1 Å². The molecule has 0 aromatic rings. The first-order chi connectivity index (χ1) is 8.99. The van der Waals surface area contributed by atoms with E-state index in [1.807, 2.05) is 13.8 Å². The van der Waals surface area contributed by atoms with Gasteiger partial charge in [-0.1, -0.05) is 0 Å². The van der Waals surface area contributed by atoms with Crippen molar-refractivity contribution in [3.63, 3.8) is 0 Å². The van der Waals surface area contributed by atoms with E-state index in [0.717, 1.165) is 0 Å². The van der Waals surface area contributed by atoms with E-state index in [1.165, 1.54) is 11.9 Å². The zero-order chi connectivity index (χ0) is 15.7. The van der Waals surface area contributed by atoms with Crippen LogP contribution in [-0.2, 0) is 9.53 Å². The molecule has 20 heavy (non-hydrogen) atoms. The monoisotopic (exact) mass is 286 g/mol. The summed E-state index contributed by atoms with van der Waals surface area (Å²) >= 11 is 0. The lowest BCUT2D eigenvalue weighted by Crippen LogP contribution is -2.58. The summed E-state index contributed by atoms with van der Waals surface area (Å²) in [4.78, 5) is 27.2. The number of likely N-dealkylation sites (N-methyl/N-ethyl adjacent to an activating group) is 1. The molecule has 1 heterocycles. The highest BCUT2D eigenvalue weighted by Gasteiger charge is 2.51. The largest absolute Gasteiger partial charge is 0.479 e. The highest BCUT2D eigenvalue weighted by Crippen LogP contribution is 2.30. The first kappa shape index (κ1) is 16.8. The minimum Gasteiger partial charge on any atom is -0.479 e. The van der Waals surface area contributed by atoms with Crippen LogP contribution in [0.15, 0.2) is 0 Å². The van der Waals surface area contributed by atoms with Crippen molar-refractivity contribution < 1.29 is 19.4 Å². The molecule has 0 aromatic carbocycles. The van der Waals surface area contributed by atoms with Gasteiger partial charge in [0.05, 0.1) is 0 Å². The van der Waals surface area contributed by atoms with E-state index in [4.69, 9.17) is 4.74 Å². The van der Waals surface area contributed by atoms with E-state index in [0.29, 0.717) is 19.5 Å². The van der Waals surface area contributed by atoms with E-state index >= 15 is 0 Å². The zero-order valence-electron chi connectivity index (χ0n) is 13.3. The Morgan fingerprint density at radius 3 is 2.25 bits per heavy atom. The van der Waals surface area contributed by atoms with E-state index in [9.17, 15) is 14.7 Å². The van der Waals surface area contributed by atoms with Crippen LogP contribution in [0.1, 0.15) is 41.0 Å². The zero-order valence-corrected chi connectivity index (χ0v) is 13.3. The number of hydrogen-bond acceptors (Lipinski definition) is 4.